The van der Waals surface area contributed by atoms with Gasteiger partial charge < -0.3 is 0 Å². The Bertz CT molecular complexity index is 548. The Balaban J connectivity index is 2.75. The lowest BCUT2D eigenvalue weighted by atomic mass is 10.7. The van der Waals surface area contributed by atoms with Crippen LogP contribution in [0, 0.1) is 0 Å². The van der Waals surface area contributed by atoms with E-state index in [1.807, 2.05) is 0 Å². The topological polar surface area (TPSA) is 64.3 Å². The Morgan fingerprint density at radius 2 is 2.15 bits per heavy atom. The first-order valence-electron chi connectivity index (χ1n) is 3.32. The van der Waals surface area contributed by atoms with Gasteiger partial charge in [0.05, 0.1) is 0 Å². The summed E-state index contributed by atoms with van der Waals surface area (Å²) in [6.07, 6.45) is 4.71. The van der Waals surface area contributed by atoms with Gasteiger partial charge in [0.15, 0.2) is 5.03 Å². The quantitative estimate of drug-likeness (QED) is 0.520. The fourth-order valence-corrected chi connectivity index (χ4v) is 1.60. The summed E-state index contributed by atoms with van der Waals surface area (Å²) >= 11 is 0. The molecule has 5 nitrogen and oxygen atoms in total. The Kier molecular flexibility index (Phi) is 1.74. The summed E-state index contributed by atoms with van der Waals surface area (Å²) in [5, 5.41) is -0.187. The minimum Gasteiger partial charge on any atom is -0.291 e. The van der Waals surface area contributed by atoms with E-state index in [-0.39, 0.29) is 5.03 Å². The maximum atomic E-state index is 10.9. The lowest BCUT2D eigenvalue weighted by Crippen LogP contribution is -1.97. The molecular weight excluding hydrogens is 214 g/mol. The molecule has 0 saturated heterocycles. The van der Waals surface area contributed by atoms with E-state index in [2.05, 4.69) is 9.97 Å². The first kappa shape index (κ1) is 8.46. The van der Waals surface area contributed by atoms with E-state index in [0.717, 1.165) is 0 Å². The van der Waals surface area contributed by atoms with E-state index < -0.39 is 9.05 Å². The largest absolute Gasteiger partial charge is 0.291 e. The van der Waals surface area contributed by atoms with Crippen molar-refractivity contribution in [2.75, 3.05) is 0 Å². The van der Waals surface area contributed by atoms with Gasteiger partial charge >= 0.3 is 0 Å². The molecule has 0 radical (unpaired) electrons. The summed E-state index contributed by atoms with van der Waals surface area (Å²) in [7, 11) is 1.33. The number of aromatic nitrogens is 3. The number of hydrogen-bond donors (Lipinski definition) is 0. The number of imidazole rings is 1. The fraction of sp³-hybridized carbons (Fsp3) is 0. The normalized spacial score (nSPS) is 12.1. The van der Waals surface area contributed by atoms with Gasteiger partial charge in [-0.15, -0.1) is 0 Å². The SMILES string of the molecule is O=S(=O)(Cl)c1ccn2ccnc2n1. The van der Waals surface area contributed by atoms with Crippen LogP contribution >= 0.6 is 10.7 Å². The van der Waals surface area contributed by atoms with Crippen LogP contribution in [0.15, 0.2) is 29.7 Å². The molecule has 0 atom stereocenters. The molecule has 13 heavy (non-hydrogen) atoms. The highest BCUT2D eigenvalue weighted by Crippen LogP contribution is 2.11. The number of nitrogens with zero attached hydrogens (tertiary/aromatic N) is 3. The van der Waals surface area contributed by atoms with Gasteiger partial charge in [-0.2, -0.15) is 4.98 Å². The summed E-state index contributed by atoms with van der Waals surface area (Å²) in [4.78, 5) is 7.56. The zero-order valence-electron chi connectivity index (χ0n) is 6.25. The molecule has 0 spiro atoms. The van der Waals surface area contributed by atoms with Crippen molar-refractivity contribution in [2.24, 2.45) is 0 Å². The third-order valence-electron chi connectivity index (χ3n) is 1.49. The van der Waals surface area contributed by atoms with Crippen LogP contribution < -0.4 is 0 Å². The number of halogens is 1. The van der Waals surface area contributed by atoms with Gasteiger partial charge in [0, 0.05) is 29.3 Å². The minimum atomic E-state index is -3.76. The van der Waals surface area contributed by atoms with Gasteiger partial charge in [-0.3, -0.25) is 4.40 Å². The lowest BCUT2D eigenvalue weighted by Gasteiger charge is -1.95. The Morgan fingerprint density at radius 1 is 1.38 bits per heavy atom. The van der Waals surface area contributed by atoms with Gasteiger partial charge in [0.1, 0.15) is 0 Å². The van der Waals surface area contributed by atoms with E-state index in [1.165, 1.54) is 18.5 Å². The highest BCUT2D eigenvalue weighted by molar-refractivity contribution is 8.13. The molecule has 0 amide bonds. The third kappa shape index (κ3) is 1.50. The van der Waals surface area contributed by atoms with Crippen molar-refractivity contribution in [3.05, 3.63) is 24.7 Å². The molecule has 0 aliphatic carbocycles. The number of hydrogen-bond acceptors (Lipinski definition) is 4. The Hall–Kier alpha value is -1.14. The summed E-state index contributed by atoms with van der Waals surface area (Å²) < 4.78 is 23.3. The van der Waals surface area contributed by atoms with Crippen molar-refractivity contribution in [1.82, 2.24) is 14.4 Å². The van der Waals surface area contributed by atoms with Crippen LogP contribution in [-0.4, -0.2) is 22.8 Å². The summed E-state index contributed by atoms with van der Waals surface area (Å²) in [5.41, 5.74) is 0. The molecule has 2 aromatic rings. The van der Waals surface area contributed by atoms with Gasteiger partial charge in [0.25, 0.3) is 9.05 Å². The van der Waals surface area contributed by atoms with E-state index in [9.17, 15) is 8.42 Å². The van der Waals surface area contributed by atoms with Crippen molar-refractivity contribution >= 4 is 25.5 Å². The van der Waals surface area contributed by atoms with Crippen LogP contribution in [0.25, 0.3) is 5.78 Å². The lowest BCUT2D eigenvalue weighted by molar-refractivity contribution is 0.606. The second kappa shape index (κ2) is 2.68. The van der Waals surface area contributed by atoms with Crippen LogP contribution in [0.3, 0.4) is 0 Å². The Morgan fingerprint density at radius 3 is 2.85 bits per heavy atom. The van der Waals surface area contributed by atoms with Crippen LogP contribution in [-0.2, 0) is 9.05 Å². The molecule has 0 aromatic carbocycles. The zero-order chi connectivity index (χ0) is 9.47. The van der Waals surface area contributed by atoms with Crippen LogP contribution in [0.1, 0.15) is 0 Å². The minimum absolute atomic E-state index is 0.187. The van der Waals surface area contributed by atoms with Gasteiger partial charge in [0.2, 0.25) is 5.78 Å². The van der Waals surface area contributed by atoms with Crippen molar-refractivity contribution in [3.63, 3.8) is 0 Å². The van der Waals surface area contributed by atoms with E-state index in [0.29, 0.717) is 5.78 Å². The maximum Gasteiger partial charge on any atom is 0.278 e. The molecule has 2 rings (SSSR count). The average Bonchev–Trinajstić information content (AvgIpc) is 2.47. The average molecular weight is 218 g/mol. The van der Waals surface area contributed by atoms with Crippen LogP contribution in [0.4, 0.5) is 0 Å². The monoisotopic (exact) mass is 217 g/mol. The molecule has 2 aromatic heterocycles. The molecule has 0 aliphatic heterocycles. The molecule has 0 bridgehead atoms. The van der Waals surface area contributed by atoms with Crippen molar-refractivity contribution in [1.29, 1.82) is 0 Å². The predicted octanol–water partition coefficient (Wildman–Crippen LogP) is 0.657. The van der Waals surface area contributed by atoms with Gasteiger partial charge in [-0.1, -0.05) is 0 Å². The summed E-state index contributed by atoms with van der Waals surface area (Å²) in [5.74, 6) is 0.307. The van der Waals surface area contributed by atoms with E-state index >= 15 is 0 Å². The number of fused-ring (bicyclic) bond motifs is 1. The molecule has 0 aliphatic rings. The maximum absolute atomic E-state index is 10.9. The predicted molar refractivity (Wildman–Crippen MR) is 46.0 cm³/mol. The molecule has 0 N–H and O–H groups in total. The first-order chi connectivity index (χ1) is 6.07. The Labute approximate surface area is 78.4 Å². The van der Waals surface area contributed by atoms with E-state index in [4.69, 9.17) is 10.7 Å². The second-order valence-electron chi connectivity index (χ2n) is 2.34. The van der Waals surface area contributed by atoms with Crippen LogP contribution in [0.5, 0.6) is 0 Å². The summed E-state index contributed by atoms with van der Waals surface area (Å²) in [6.45, 7) is 0. The standard InChI is InChI=1S/C6H4ClN3O2S/c7-13(11,12)5-1-3-10-4-2-8-6(10)9-5/h1-4H. The molecule has 0 fully saturated rings. The van der Waals surface area contributed by atoms with Gasteiger partial charge in [-0.25, -0.2) is 13.4 Å². The second-order valence-corrected chi connectivity index (χ2v) is 4.85. The van der Waals surface area contributed by atoms with Crippen molar-refractivity contribution in [3.8, 4) is 0 Å². The van der Waals surface area contributed by atoms with Crippen LogP contribution in [0.2, 0.25) is 0 Å². The smallest absolute Gasteiger partial charge is 0.278 e. The molecule has 2 heterocycles. The molecule has 0 unspecified atom stereocenters. The molecular formula is C6H4ClN3O2S. The zero-order valence-corrected chi connectivity index (χ0v) is 7.83. The van der Waals surface area contributed by atoms with E-state index in [1.54, 1.807) is 10.6 Å². The summed E-state index contributed by atoms with van der Waals surface area (Å²) in [6, 6.07) is 1.32. The number of rotatable bonds is 1. The fourth-order valence-electron chi connectivity index (χ4n) is 0.924. The van der Waals surface area contributed by atoms with Crippen molar-refractivity contribution in [2.45, 2.75) is 5.03 Å². The first-order valence-corrected chi connectivity index (χ1v) is 5.63. The molecule has 7 heteroatoms. The molecule has 68 valence electrons. The highest BCUT2D eigenvalue weighted by Gasteiger charge is 2.12. The third-order valence-corrected chi connectivity index (χ3v) is 2.69. The van der Waals surface area contributed by atoms with Crippen molar-refractivity contribution < 1.29 is 8.42 Å². The van der Waals surface area contributed by atoms with Gasteiger partial charge in [-0.05, 0) is 6.07 Å². The molecule has 0 saturated carbocycles. The highest BCUT2D eigenvalue weighted by atomic mass is 35.7.